The fourth-order valence-corrected chi connectivity index (χ4v) is 1.92. The Kier molecular flexibility index (Phi) is 3.20. The summed E-state index contributed by atoms with van der Waals surface area (Å²) in [5, 5.41) is 0. The molecule has 0 amide bonds. The minimum atomic E-state index is 0.493. The van der Waals surface area contributed by atoms with E-state index < -0.39 is 0 Å². The van der Waals surface area contributed by atoms with Crippen LogP contribution in [0.5, 0.6) is 5.75 Å². The topological polar surface area (TPSA) is 53.7 Å². The molecule has 1 aromatic rings. The zero-order chi connectivity index (χ0) is 10.7. The average Bonchev–Trinajstić information content (AvgIpc) is 2.73. The Labute approximate surface area is 88.9 Å². The van der Waals surface area contributed by atoms with Crippen LogP contribution in [0, 0.1) is 0 Å². The van der Waals surface area contributed by atoms with Gasteiger partial charge in [0.15, 0.2) is 0 Å². The van der Waals surface area contributed by atoms with Gasteiger partial charge in [0.1, 0.15) is 5.75 Å². The van der Waals surface area contributed by atoms with Crippen LogP contribution in [0.15, 0.2) is 12.1 Å². The molecular formula is C11H15NO3. The van der Waals surface area contributed by atoms with Gasteiger partial charge in [0.2, 0.25) is 0 Å². The van der Waals surface area contributed by atoms with Crippen molar-refractivity contribution in [2.45, 2.75) is 19.6 Å². The number of nitrogens with two attached hydrogens (primary N) is 1. The number of ether oxygens (including phenoxy) is 2. The van der Waals surface area contributed by atoms with Crippen LogP contribution in [0.4, 0.5) is 0 Å². The van der Waals surface area contributed by atoms with Crippen molar-refractivity contribution in [1.29, 1.82) is 0 Å². The highest BCUT2D eigenvalue weighted by molar-refractivity contribution is 5.46. The van der Waals surface area contributed by atoms with Gasteiger partial charge in [-0.3, -0.25) is 0 Å². The summed E-state index contributed by atoms with van der Waals surface area (Å²) < 4.78 is 10.7. The molecule has 0 spiro atoms. The minimum absolute atomic E-state index is 0.493. The third kappa shape index (κ3) is 1.97. The number of rotatable bonds is 4. The summed E-state index contributed by atoms with van der Waals surface area (Å²) in [6.45, 7) is 1.84. The number of hydrogen-bond donors (Lipinski definition) is 1. The molecule has 0 radical (unpaired) electrons. The maximum Gasteiger partial charge on any atom is 0.122 e. The van der Waals surface area contributed by atoms with E-state index in [1.54, 1.807) is 7.11 Å². The molecule has 2 N–H and O–H groups in total. The summed E-state index contributed by atoms with van der Waals surface area (Å²) in [6, 6.07) is 4.02. The molecule has 0 atom stereocenters. The molecule has 0 fully saturated rings. The first-order valence-corrected chi connectivity index (χ1v) is 4.94. The van der Waals surface area contributed by atoms with Crippen LogP contribution in [-0.4, -0.2) is 13.7 Å². The highest BCUT2D eigenvalue weighted by Gasteiger charge is 2.18. The van der Waals surface area contributed by atoms with E-state index >= 15 is 0 Å². The minimum Gasteiger partial charge on any atom is -0.496 e. The van der Waals surface area contributed by atoms with E-state index in [1.165, 1.54) is 11.1 Å². The van der Waals surface area contributed by atoms with E-state index in [-0.39, 0.29) is 0 Å². The summed E-state index contributed by atoms with van der Waals surface area (Å²) in [5.74, 6) is 5.93. The van der Waals surface area contributed by atoms with Crippen molar-refractivity contribution in [2.75, 3.05) is 13.7 Å². The molecule has 1 aliphatic heterocycles. The molecular weight excluding hydrogens is 194 g/mol. The zero-order valence-corrected chi connectivity index (χ0v) is 8.79. The molecule has 4 heteroatoms. The van der Waals surface area contributed by atoms with Crippen molar-refractivity contribution in [1.82, 2.24) is 0 Å². The summed E-state index contributed by atoms with van der Waals surface area (Å²) in [5.41, 5.74) is 3.62. The Balaban J connectivity index is 2.34. The second-order valence-electron chi connectivity index (χ2n) is 3.50. The lowest BCUT2D eigenvalue weighted by Crippen LogP contribution is -2.07. The molecule has 0 bridgehead atoms. The van der Waals surface area contributed by atoms with Gasteiger partial charge in [-0.15, -0.1) is 0 Å². The zero-order valence-electron chi connectivity index (χ0n) is 8.79. The summed E-state index contributed by atoms with van der Waals surface area (Å²) in [6.07, 6.45) is 0.756. The molecule has 2 rings (SSSR count). The first-order chi connectivity index (χ1) is 7.36. The Morgan fingerprint density at radius 3 is 3.00 bits per heavy atom. The molecule has 0 saturated carbocycles. The van der Waals surface area contributed by atoms with Crippen molar-refractivity contribution in [3.8, 4) is 5.75 Å². The van der Waals surface area contributed by atoms with Crippen LogP contribution in [0.1, 0.15) is 16.7 Å². The molecule has 1 heterocycles. The molecule has 15 heavy (non-hydrogen) atoms. The number of benzene rings is 1. The van der Waals surface area contributed by atoms with Crippen LogP contribution in [0.3, 0.4) is 0 Å². The maximum atomic E-state index is 5.41. The first kappa shape index (κ1) is 10.4. The molecule has 0 aromatic heterocycles. The molecule has 1 aliphatic rings. The second kappa shape index (κ2) is 4.61. The first-order valence-electron chi connectivity index (χ1n) is 4.94. The fraction of sp³-hybridized carbons (Fsp3) is 0.455. The molecule has 82 valence electrons. The van der Waals surface area contributed by atoms with Crippen molar-refractivity contribution in [2.24, 2.45) is 5.90 Å². The van der Waals surface area contributed by atoms with E-state index in [4.69, 9.17) is 15.4 Å². The summed E-state index contributed by atoms with van der Waals surface area (Å²) in [7, 11) is 1.67. The monoisotopic (exact) mass is 209 g/mol. The van der Waals surface area contributed by atoms with Crippen molar-refractivity contribution in [3.05, 3.63) is 28.8 Å². The lowest BCUT2D eigenvalue weighted by atomic mass is 10.00. The van der Waals surface area contributed by atoms with Crippen LogP contribution >= 0.6 is 0 Å². The van der Waals surface area contributed by atoms with Gasteiger partial charge >= 0.3 is 0 Å². The lowest BCUT2D eigenvalue weighted by molar-refractivity contribution is 0.131. The van der Waals surface area contributed by atoms with Gasteiger partial charge in [-0.2, -0.15) is 0 Å². The second-order valence-corrected chi connectivity index (χ2v) is 3.50. The number of fused-ring (bicyclic) bond motifs is 1. The van der Waals surface area contributed by atoms with E-state index in [2.05, 4.69) is 4.84 Å². The molecule has 0 unspecified atom stereocenters. The Hall–Kier alpha value is -1.10. The Morgan fingerprint density at radius 2 is 2.27 bits per heavy atom. The fourth-order valence-electron chi connectivity index (χ4n) is 1.92. The third-order valence-corrected chi connectivity index (χ3v) is 2.68. The predicted molar refractivity (Wildman–Crippen MR) is 55.3 cm³/mol. The van der Waals surface area contributed by atoms with Gasteiger partial charge in [-0.05, 0) is 17.2 Å². The van der Waals surface area contributed by atoms with Gasteiger partial charge in [-0.25, -0.2) is 5.90 Å². The number of hydrogen-bond acceptors (Lipinski definition) is 4. The van der Waals surface area contributed by atoms with Gasteiger partial charge in [0, 0.05) is 12.0 Å². The Bertz CT molecular complexity index is 352. The maximum absolute atomic E-state index is 5.41. The van der Waals surface area contributed by atoms with Gasteiger partial charge in [0.25, 0.3) is 0 Å². The highest BCUT2D eigenvalue weighted by Crippen LogP contribution is 2.30. The van der Waals surface area contributed by atoms with Gasteiger partial charge < -0.3 is 14.3 Å². The van der Waals surface area contributed by atoms with Crippen molar-refractivity contribution >= 4 is 0 Å². The van der Waals surface area contributed by atoms with Crippen molar-refractivity contribution in [3.63, 3.8) is 0 Å². The van der Waals surface area contributed by atoms with E-state index in [0.29, 0.717) is 19.8 Å². The van der Waals surface area contributed by atoms with Crippen LogP contribution in [0.25, 0.3) is 0 Å². The molecule has 4 nitrogen and oxygen atoms in total. The van der Waals surface area contributed by atoms with Crippen LogP contribution in [0.2, 0.25) is 0 Å². The van der Waals surface area contributed by atoms with E-state index in [0.717, 1.165) is 17.7 Å². The molecule has 0 aliphatic carbocycles. The van der Waals surface area contributed by atoms with Crippen LogP contribution < -0.4 is 10.6 Å². The smallest absolute Gasteiger partial charge is 0.122 e. The molecule has 0 saturated heterocycles. The highest BCUT2D eigenvalue weighted by atomic mass is 16.6. The Morgan fingerprint density at radius 1 is 1.40 bits per heavy atom. The number of methoxy groups -OCH3 is 1. The average molecular weight is 209 g/mol. The van der Waals surface area contributed by atoms with Gasteiger partial charge in [-0.1, -0.05) is 6.07 Å². The summed E-state index contributed by atoms with van der Waals surface area (Å²) in [4.78, 5) is 4.61. The largest absolute Gasteiger partial charge is 0.496 e. The molecule has 1 aromatic carbocycles. The summed E-state index contributed by atoms with van der Waals surface area (Å²) >= 11 is 0. The lowest BCUT2D eigenvalue weighted by Gasteiger charge is -2.11. The van der Waals surface area contributed by atoms with E-state index in [9.17, 15) is 0 Å². The SMILES string of the molecule is COc1ccc2c(c1CCON)COC2. The normalized spacial score (nSPS) is 14.0. The van der Waals surface area contributed by atoms with E-state index in [1.807, 2.05) is 12.1 Å². The predicted octanol–water partition coefficient (Wildman–Crippen LogP) is 1.16. The third-order valence-electron chi connectivity index (χ3n) is 2.68. The van der Waals surface area contributed by atoms with Crippen molar-refractivity contribution < 1.29 is 14.3 Å². The quantitative estimate of drug-likeness (QED) is 0.756. The standard InChI is InChI=1S/C11H15NO3/c1-13-11-3-2-8-6-14-7-10(8)9(11)4-5-15-12/h2-3H,4-7,12H2,1H3. The van der Waals surface area contributed by atoms with Gasteiger partial charge in [0.05, 0.1) is 26.9 Å². The van der Waals surface area contributed by atoms with Crippen LogP contribution in [-0.2, 0) is 29.2 Å².